The average Bonchev–Trinajstić information content (AvgIpc) is 2.38. The van der Waals surface area contributed by atoms with E-state index in [1.807, 2.05) is 6.07 Å². The van der Waals surface area contributed by atoms with Gasteiger partial charge in [-0.25, -0.2) is 4.79 Å². The first kappa shape index (κ1) is 12.9. The van der Waals surface area contributed by atoms with Crippen molar-refractivity contribution in [1.82, 2.24) is 0 Å². The maximum absolute atomic E-state index is 11.8. The SMILES string of the molecule is N#Cc1ccc(N2CCC(CC(=O)O)OC2=O)cc1. The summed E-state index contributed by atoms with van der Waals surface area (Å²) in [5.74, 6) is -0.982. The van der Waals surface area contributed by atoms with Crippen molar-refractivity contribution in [2.75, 3.05) is 11.4 Å². The molecular weight excluding hydrogens is 248 g/mol. The Hall–Kier alpha value is -2.55. The molecule has 6 nitrogen and oxygen atoms in total. The third-order valence-electron chi connectivity index (χ3n) is 2.87. The van der Waals surface area contributed by atoms with Gasteiger partial charge in [0.05, 0.1) is 18.1 Å². The van der Waals surface area contributed by atoms with Gasteiger partial charge in [0.25, 0.3) is 0 Å². The number of cyclic esters (lactones) is 1. The highest BCUT2D eigenvalue weighted by molar-refractivity contribution is 5.88. The fourth-order valence-electron chi connectivity index (χ4n) is 1.92. The Balaban J connectivity index is 2.05. The second kappa shape index (κ2) is 5.40. The zero-order valence-electron chi connectivity index (χ0n) is 10.1. The Kier molecular flexibility index (Phi) is 3.66. The summed E-state index contributed by atoms with van der Waals surface area (Å²) in [6, 6.07) is 8.56. The van der Waals surface area contributed by atoms with E-state index in [2.05, 4.69) is 0 Å². The van der Waals surface area contributed by atoms with E-state index in [4.69, 9.17) is 15.1 Å². The largest absolute Gasteiger partial charge is 0.481 e. The van der Waals surface area contributed by atoms with Crippen LogP contribution in [0.15, 0.2) is 24.3 Å². The van der Waals surface area contributed by atoms with E-state index in [9.17, 15) is 9.59 Å². The predicted molar refractivity (Wildman–Crippen MR) is 65.6 cm³/mol. The van der Waals surface area contributed by atoms with E-state index >= 15 is 0 Å². The summed E-state index contributed by atoms with van der Waals surface area (Å²) < 4.78 is 5.06. The molecule has 1 N–H and O–H groups in total. The summed E-state index contributed by atoms with van der Waals surface area (Å²) in [6.45, 7) is 0.405. The molecule has 19 heavy (non-hydrogen) atoms. The van der Waals surface area contributed by atoms with Crippen LogP contribution in [0.25, 0.3) is 0 Å². The molecule has 1 aromatic rings. The van der Waals surface area contributed by atoms with Crippen molar-refractivity contribution in [1.29, 1.82) is 5.26 Å². The number of anilines is 1. The van der Waals surface area contributed by atoms with Gasteiger partial charge in [0.2, 0.25) is 0 Å². The van der Waals surface area contributed by atoms with Gasteiger partial charge >= 0.3 is 12.1 Å². The van der Waals surface area contributed by atoms with Crippen molar-refractivity contribution >= 4 is 17.7 Å². The highest BCUT2D eigenvalue weighted by Gasteiger charge is 2.29. The predicted octanol–water partition coefficient (Wildman–Crippen LogP) is 1.75. The second-order valence-corrected chi connectivity index (χ2v) is 4.20. The molecule has 0 aromatic heterocycles. The van der Waals surface area contributed by atoms with Crippen LogP contribution in [0, 0.1) is 11.3 Å². The highest BCUT2D eigenvalue weighted by atomic mass is 16.6. The molecule has 1 fully saturated rings. The first-order chi connectivity index (χ1) is 9.10. The summed E-state index contributed by atoms with van der Waals surface area (Å²) in [6.07, 6.45) is -0.827. The number of hydrogen-bond acceptors (Lipinski definition) is 4. The van der Waals surface area contributed by atoms with Crippen molar-refractivity contribution in [2.45, 2.75) is 18.9 Å². The number of carboxylic acid groups (broad SMARTS) is 1. The van der Waals surface area contributed by atoms with Crippen molar-refractivity contribution in [3.8, 4) is 6.07 Å². The molecule has 0 bridgehead atoms. The normalized spacial score (nSPS) is 18.6. The minimum atomic E-state index is -0.982. The Labute approximate surface area is 109 Å². The van der Waals surface area contributed by atoms with Crippen molar-refractivity contribution in [2.24, 2.45) is 0 Å². The number of carbonyl (C=O) groups is 2. The van der Waals surface area contributed by atoms with Crippen LogP contribution in [0.2, 0.25) is 0 Å². The smallest absolute Gasteiger partial charge is 0.414 e. The molecule has 1 heterocycles. The summed E-state index contributed by atoms with van der Waals surface area (Å²) in [5.41, 5.74) is 1.15. The summed E-state index contributed by atoms with van der Waals surface area (Å²) in [5, 5.41) is 17.4. The molecule has 6 heteroatoms. The van der Waals surface area contributed by atoms with E-state index in [0.29, 0.717) is 24.2 Å². The number of hydrogen-bond donors (Lipinski definition) is 1. The van der Waals surface area contributed by atoms with Crippen LogP contribution in [0.4, 0.5) is 10.5 Å². The van der Waals surface area contributed by atoms with Crippen LogP contribution in [-0.2, 0) is 9.53 Å². The van der Waals surface area contributed by atoms with Gasteiger partial charge in [-0.05, 0) is 24.3 Å². The Morgan fingerprint density at radius 3 is 2.68 bits per heavy atom. The molecule has 1 amide bonds. The summed E-state index contributed by atoms with van der Waals surface area (Å²) in [4.78, 5) is 23.8. The van der Waals surface area contributed by atoms with Crippen molar-refractivity contribution in [3.63, 3.8) is 0 Å². The number of aliphatic carboxylic acids is 1. The standard InChI is InChI=1S/C13H12N2O4/c14-8-9-1-3-10(4-2-9)15-6-5-11(7-12(16)17)19-13(15)18/h1-4,11H,5-7H2,(H,16,17). The maximum atomic E-state index is 11.8. The minimum absolute atomic E-state index is 0.174. The molecule has 1 aromatic carbocycles. The first-order valence-electron chi connectivity index (χ1n) is 5.80. The monoisotopic (exact) mass is 260 g/mol. The molecule has 0 spiro atoms. The van der Waals surface area contributed by atoms with E-state index in [-0.39, 0.29) is 6.42 Å². The lowest BCUT2D eigenvalue weighted by atomic mass is 10.1. The van der Waals surface area contributed by atoms with Crippen molar-refractivity contribution < 1.29 is 19.4 Å². The van der Waals surface area contributed by atoms with E-state index in [0.717, 1.165) is 0 Å². The van der Waals surface area contributed by atoms with E-state index < -0.39 is 18.2 Å². The molecule has 98 valence electrons. The fraction of sp³-hybridized carbons (Fsp3) is 0.308. The zero-order chi connectivity index (χ0) is 13.8. The van der Waals surface area contributed by atoms with Gasteiger partial charge in [-0.2, -0.15) is 5.26 Å². The lowest BCUT2D eigenvalue weighted by Crippen LogP contribution is -2.42. The lowest BCUT2D eigenvalue weighted by Gasteiger charge is -2.31. The number of carbonyl (C=O) groups excluding carboxylic acids is 1. The van der Waals surface area contributed by atoms with Crippen LogP contribution in [0.1, 0.15) is 18.4 Å². The number of rotatable bonds is 3. The highest BCUT2D eigenvalue weighted by Crippen LogP contribution is 2.22. The van der Waals surface area contributed by atoms with Gasteiger partial charge in [-0.15, -0.1) is 0 Å². The van der Waals surface area contributed by atoms with Crippen LogP contribution < -0.4 is 4.90 Å². The molecule has 1 saturated heterocycles. The molecule has 1 aliphatic rings. The number of nitriles is 1. The molecular formula is C13H12N2O4. The first-order valence-corrected chi connectivity index (χ1v) is 5.80. The fourth-order valence-corrected chi connectivity index (χ4v) is 1.92. The number of ether oxygens (including phenoxy) is 1. The van der Waals surface area contributed by atoms with Gasteiger partial charge in [0.15, 0.2) is 0 Å². The third kappa shape index (κ3) is 3.01. The Bertz CT molecular complexity index is 533. The number of carboxylic acids is 1. The number of nitrogens with zero attached hydrogens (tertiary/aromatic N) is 2. The summed E-state index contributed by atoms with van der Waals surface area (Å²) >= 11 is 0. The van der Waals surface area contributed by atoms with Gasteiger partial charge in [-0.3, -0.25) is 9.69 Å². The quantitative estimate of drug-likeness (QED) is 0.893. The van der Waals surface area contributed by atoms with Crippen LogP contribution in [0.5, 0.6) is 0 Å². The van der Waals surface area contributed by atoms with Gasteiger partial charge in [0.1, 0.15) is 6.10 Å². The zero-order valence-corrected chi connectivity index (χ0v) is 10.1. The van der Waals surface area contributed by atoms with Gasteiger partial charge in [-0.1, -0.05) is 0 Å². The molecule has 0 aliphatic carbocycles. The molecule has 2 rings (SSSR count). The minimum Gasteiger partial charge on any atom is -0.481 e. The lowest BCUT2D eigenvalue weighted by molar-refractivity contribution is -0.139. The molecule has 1 aliphatic heterocycles. The maximum Gasteiger partial charge on any atom is 0.414 e. The third-order valence-corrected chi connectivity index (χ3v) is 2.87. The van der Waals surface area contributed by atoms with Gasteiger partial charge < -0.3 is 9.84 Å². The van der Waals surface area contributed by atoms with Crippen molar-refractivity contribution in [3.05, 3.63) is 29.8 Å². The van der Waals surface area contributed by atoms with Crippen LogP contribution in [-0.4, -0.2) is 29.8 Å². The Morgan fingerprint density at radius 2 is 2.16 bits per heavy atom. The van der Waals surface area contributed by atoms with Crippen LogP contribution >= 0.6 is 0 Å². The topological polar surface area (TPSA) is 90.6 Å². The number of benzene rings is 1. The molecule has 0 saturated carbocycles. The summed E-state index contributed by atoms with van der Waals surface area (Å²) in [7, 11) is 0. The molecule has 1 unspecified atom stereocenters. The second-order valence-electron chi connectivity index (χ2n) is 4.20. The Morgan fingerprint density at radius 1 is 1.47 bits per heavy atom. The van der Waals surface area contributed by atoms with E-state index in [1.165, 1.54) is 4.90 Å². The number of amides is 1. The van der Waals surface area contributed by atoms with E-state index in [1.54, 1.807) is 24.3 Å². The van der Waals surface area contributed by atoms with Gasteiger partial charge in [0, 0.05) is 18.7 Å². The van der Waals surface area contributed by atoms with Crippen LogP contribution in [0.3, 0.4) is 0 Å². The average molecular weight is 260 g/mol. The molecule has 1 atom stereocenters. The molecule has 0 radical (unpaired) electrons.